The number of nitrogens with zero attached hydrogens (tertiary/aromatic N) is 2. The summed E-state index contributed by atoms with van der Waals surface area (Å²) in [6.07, 6.45) is 1.34. The lowest BCUT2D eigenvalue weighted by atomic mass is 10.2. The summed E-state index contributed by atoms with van der Waals surface area (Å²) in [5.41, 5.74) is 3.81. The standard InChI is InChI=1S/C17H15N5O4/c23-14(19-20-16(25)13-7-3-4-9-18-13)8-10-22-17(26)12-6-2-1-5-11(12)15(24)21-22/h1-7,9H,8,10H2,(H,19,23)(H,20,25)(H,21,24). The fraction of sp³-hybridized carbons (Fsp3) is 0.118. The Hall–Kier alpha value is -3.75. The van der Waals surface area contributed by atoms with Crippen LogP contribution in [-0.2, 0) is 11.3 Å². The molecule has 0 aliphatic rings. The highest BCUT2D eigenvalue weighted by Gasteiger charge is 2.10. The molecule has 1 aromatic carbocycles. The smallest absolute Gasteiger partial charge is 0.273 e. The van der Waals surface area contributed by atoms with Gasteiger partial charge in [0.05, 0.1) is 17.3 Å². The highest BCUT2D eigenvalue weighted by atomic mass is 16.2. The van der Waals surface area contributed by atoms with Crippen molar-refractivity contribution in [1.29, 1.82) is 0 Å². The van der Waals surface area contributed by atoms with E-state index in [1.165, 1.54) is 12.3 Å². The average molecular weight is 353 g/mol. The lowest BCUT2D eigenvalue weighted by Gasteiger charge is -2.09. The van der Waals surface area contributed by atoms with Crippen LogP contribution in [0.15, 0.2) is 58.3 Å². The van der Waals surface area contributed by atoms with Crippen molar-refractivity contribution in [3.05, 3.63) is 75.1 Å². The van der Waals surface area contributed by atoms with E-state index in [9.17, 15) is 19.2 Å². The number of nitrogens with one attached hydrogen (secondary N) is 3. The van der Waals surface area contributed by atoms with E-state index in [1.807, 2.05) is 0 Å². The number of hydrogen-bond acceptors (Lipinski definition) is 5. The number of pyridine rings is 1. The molecule has 9 nitrogen and oxygen atoms in total. The summed E-state index contributed by atoms with van der Waals surface area (Å²) in [6.45, 7) is -0.0375. The molecule has 2 aromatic heterocycles. The minimum Gasteiger partial charge on any atom is -0.273 e. The Morgan fingerprint density at radius 1 is 1.00 bits per heavy atom. The zero-order valence-electron chi connectivity index (χ0n) is 13.6. The Labute approximate surface area is 146 Å². The number of amides is 2. The molecule has 0 saturated carbocycles. The van der Waals surface area contributed by atoms with Crippen LogP contribution < -0.4 is 22.0 Å². The van der Waals surface area contributed by atoms with E-state index in [0.717, 1.165) is 4.68 Å². The third kappa shape index (κ3) is 3.66. The van der Waals surface area contributed by atoms with Gasteiger partial charge in [0.15, 0.2) is 0 Å². The Morgan fingerprint density at radius 2 is 1.73 bits per heavy atom. The van der Waals surface area contributed by atoms with Crippen LogP contribution in [0.25, 0.3) is 10.8 Å². The maximum Gasteiger partial charge on any atom is 0.288 e. The normalized spacial score (nSPS) is 10.5. The predicted octanol–water partition coefficient (Wildman–Crippen LogP) is -0.0639. The fourth-order valence-corrected chi connectivity index (χ4v) is 2.37. The highest BCUT2D eigenvalue weighted by molar-refractivity contribution is 5.93. The van der Waals surface area contributed by atoms with Gasteiger partial charge in [0.2, 0.25) is 5.91 Å². The Bertz CT molecular complexity index is 1070. The van der Waals surface area contributed by atoms with Crippen LogP contribution in [0.1, 0.15) is 16.9 Å². The van der Waals surface area contributed by atoms with Crippen LogP contribution in [0.2, 0.25) is 0 Å². The van der Waals surface area contributed by atoms with E-state index in [2.05, 4.69) is 20.9 Å². The number of hydrogen-bond donors (Lipinski definition) is 3. The third-order valence-corrected chi connectivity index (χ3v) is 3.66. The second-order valence-corrected chi connectivity index (χ2v) is 5.41. The SMILES string of the molecule is O=C(CCn1[nH]c(=O)c2ccccc2c1=O)NNC(=O)c1ccccn1. The molecule has 0 aliphatic carbocycles. The average Bonchev–Trinajstić information content (AvgIpc) is 2.68. The van der Waals surface area contributed by atoms with Gasteiger partial charge in [0.1, 0.15) is 5.69 Å². The van der Waals surface area contributed by atoms with Gasteiger partial charge in [-0.3, -0.25) is 40.1 Å². The van der Waals surface area contributed by atoms with E-state index in [0.29, 0.717) is 5.39 Å². The third-order valence-electron chi connectivity index (χ3n) is 3.66. The number of carbonyl (C=O) groups is 2. The van der Waals surface area contributed by atoms with Crippen LogP contribution in [0.5, 0.6) is 0 Å². The molecular weight excluding hydrogens is 338 g/mol. The van der Waals surface area contributed by atoms with Gasteiger partial charge in [-0.05, 0) is 24.3 Å². The number of aromatic nitrogens is 3. The van der Waals surface area contributed by atoms with Gasteiger partial charge in [0, 0.05) is 12.6 Å². The Morgan fingerprint density at radius 3 is 2.46 bits per heavy atom. The van der Waals surface area contributed by atoms with Crippen molar-refractivity contribution in [3.8, 4) is 0 Å². The molecule has 0 radical (unpaired) electrons. The van der Waals surface area contributed by atoms with E-state index < -0.39 is 22.9 Å². The van der Waals surface area contributed by atoms with Gasteiger partial charge in [-0.2, -0.15) is 0 Å². The Balaban J connectivity index is 1.62. The molecule has 3 N–H and O–H groups in total. The molecule has 0 unspecified atom stereocenters. The molecule has 0 bridgehead atoms. The number of H-pyrrole nitrogens is 1. The first-order chi connectivity index (χ1) is 12.6. The van der Waals surface area contributed by atoms with Crippen LogP contribution in [0.3, 0.4) is 0 Å². The number of rotatable bonds is 4. The molecule has 132 valence electrons. The van der Waals surface area contributed by atoms with Gasteiger partial charge >= 0.3 is 0 Å². The number of fused-ring (bicyclic) bond motifs is 1. The lowest BCUT2D eigenvalue weighted by molar-refractivity contribution is -0.122. The van der Waals surface area contributed by atoms with Gasteiger partial charge < -0.3 is 0 Å². The molecule has 3 aromatic rings. The topological polar surface area (TPSA) is 126 Å². The minimum absolute atomic E-state index is 0.0375. The molecular formula is C17H15N5O4. The number of benzene rings is 1. The van der Waals surface area contributed by atoms with E-state index >= 15 is 0 Å². The van der Waals surface area contributed by atoms with Crippen molar-refractivity contribution >= 4 is 22.6 Å². The largest absolute Gasteiger partial charge is 0.288 e. The summed E-state index contributed by atoms with van der Waals surface area (Å²) in [4.78, 5) is 51.8. The summed E-state index contributed by atoms with van der Waals surface area (Å²) in [6, 6.07) is 11.2. The zero-order chi connectivity index (χ0) is 18.5. The second-order valence-electron chi connectivity index (χ2n) is 5.41. The van der Waals surface area contributed by atoms with Crippen molar-refractivity contribution in [2.24, 2.45) is 0 Å². The molecule has 3 rings (SSSR count). The first-order valence-corrected chi connectivity index (χ1v) is 7.78. The lowest BCUT2D eigenvalue weighted by Crippen LogP contribution is -2.42. The summed E-state index contributed by atoms with van der Waals surface area (Å²) < 4.78 is 1.07. The van der Waals surface area contributed by atoms with Gasteiger partial charge in [0.25, 0.3) is 17.0 Å². The molecule has 9 heteroatoms. The number of aryl methyl sites for hydroxylation is 1. The van der Waals surface area contributed by atoms with E-state index in [1.54, 1.807) is 36.4 Å². The monoisotopic (exact) mass is 353 g/mol. The van der Waals surface area contributed by atoms with Crippen molar-refractivity contribution < 1.29 is 9.59 Å². The maximum absolute atomic E-state index is 12.3. The van der Waals surface area contributed by atoms with E-state index in [-0.39, 0.29) is 24.0 Å². The van der Waals surface area contributed by atoms with Crippen molar-refractivity contribution in [1.82, 2.24) is 25.6 Å². The summed E-state index contributed by atoms with van der Waals surface area (Å²) >= 11 is 0. The molecule has 0 fully saturated rings. The fourth-order valence-electron chi connectivity index (χ4n) is 2.37. The second kappa shape index (κ2) is 7.43. The van der Waals surface area contributed by atoms with Gasteiger partial charge in [-0.1, -0.05) is 18.2 Å². The van der Waals surface area contributed by atoms with Crippen LogP contribution >= 0.6 is 0 Å². The summed E-state index contributed by atoms with van der Waals surface area (Å²) in [7, 11) is 0. The van der Waals surface area contributed by atoms with Gasteiger partial charge in [-0.15, -0.1) is 0 Å². The zero-order valence-corrected chi connectivity index (χ0v) is 13.6. The van der Waals surface area contributed by atoms with E-state index in [4.69, 9.17) is 0 Å². The maximum atomic E-state index is 12.3. The minimum atomic E-state index is -0.560. The first-order valence-electron chi connectivity index (χ1n) is 7.78. The highest BCUT2D eigenvalue weighted by Crippen LogP contribution is 2.02. The van der Waals surface area contributed by atoms with Crippen molar-refractivity contribution in [2.45, 2.75) is 13.0 Å². The molecule has 0 spiro atoms. The molecule has 2 amide bonds. The van der Waals surface area contributed by atoms with Crippen LogP contribution in [0.4, 0.5) is 0 Å². The molecule has 0 saturated heterocycles. The molecule has 0 atom stereocenters. The molecule has 2 heterocycles. The number of aromatic amines is 1. The van der Waals surface area contributed by atoms with Crippen molar-refractivity contribution in [2.75, 3.05) is 0 Å². The predicted molar refractivity (Wildman–Crippen MR) is 93.3 cm³/mol. The number of carbonyl (C=O) groups excluding carboxylic acids is 2. The number of hydrazine groups is 1. The molecule has 0 aliphatic heterocycles. The summed E-state index contributed by atoms with van der Waals surface area (Å²) in [5.74, 6) is -1.08. The quantitative estimate of drug-likeness (QED) is 0.566. The van der Waals surface area contributed by atoms with Crippen LogP contribution in [-0.4, -0.2) is 26.6 Å². The Kier molecular flexibility index (Phi) is 4.88. The first kappa shape index (κ1) is 17.1. The summed E-state index contributed by atoms with van der Waals surface area (Å²) in [5, 5.41) is 3.01. The molecule has 26 heavy (non-hydrogen) atoms. The van der Waals surface area contributed by atoms with Crippen LogP contribution in [0, 0.1) is 0 Å². The van der Waals surface area contributed by atoms with Crippen molar-refractivity contribution in [3.63, 3.8) is 0 Å². The van der Waals surface area contributed by atoms with Gasteiger partial charge in [-0.25, -0.2) is 4.68 Å².